The molecule has 1 saturated heterocycles. The molecule has 116 valence electrons. The van der Waals surface area contributed by atoms with Crippen LogP contribution in [0.2, 0.25) is 0 Å². The van der Waals surface area contributed by atoms with Crippen molar-refractivity contribution in [2.45, 2.75) is 18.9 Å². The molecule has 1 amide bonds. The highest BCUT2D eigenvalue weighted by Crippen LogP contribution is 2.34. The average molecular weight is 422 g/mol. The number of methoxy groups -OCH3 is 1. The number of benzene rings is 1. The minimum absolute atomic E-state index is 0.0650. The van der Waals surface area contributed by atoms with Gasteiger partial charge in [-0.15, -0.1) is 0 Å². The molecule has 1 heterocycles. The summed E-state index contributed by atoms with van der Waals surface area (Å²) in [6.07, 6.45) is 2.06. The van der Waals surface area contributed by atoms with Gasteiger partial charge < -0.3 is 20.1 Å². The summed E-state index contributed by atoms with van der Waals surface area (Å²) in [5, 5.41) is 6.09. The van der Waals surface area contributed by atoms with Crippen molar-refractivity contribution >= 4 is 43.5 Å². The Morgan fingerprint density at radius 3 is 2.71 bits per heavy atom. The summed E-state index contributed by atoms with van der Waals surface area (Å²) in [5.41, 5.74) is 0.661. The van der Waals surface area contributed by atoms with Gasteiger partial charge in [0.25, 0.3) is 0 Å². The summed E-state index contributed by atoms with van der Waals surface area (Å²) in [6, 6.07) is 3.60. The van der Waals surface area contributed by atoms with E-state index < -0.39 is 0 Å². The van der Waals surface area contributed by atoms with Crippen molar-refractivity contribution in [2.24, 2.45) is 0 Å². The third kappa shape index (κ3) is 4.95. The molecule has 7 heteroatoms. The minimum atomic E-state index is -0.168. The molecule has 0 bridgehead atoms. The van der Waals surface area contributed by atoms with Gasteiger partial charge in [-0.1, -0.05) is 0 Å². The van der Waals surface area contributed by atoms with Gasteiger partial charge in [0.1, 0.15) is 12.4 Å². The molecule has 0 spiro atoms. The smallest absolute Gasteiger partial charge is 0.250 e. The first kappa shape index (κ1) is 16.7. The molecule has 1 aliphatic heterocycles. The van der Waals surface area contributed by atoms with Crippen molar-refractivity contribution in [1.82, 2.24) is 5.32 Å². The SMILES string of the molecule is COc1cc(NC(=O)COC2CCNCC2)c(Br)cc1Br. The van der Waals surface area contributed by atoms with Crippen LogP contribution in [0.1, 0.15) is 12.8 Å². The number of carbonyl (C=O) groups excluding carboxylic acids is 1. The second-order valence-corrected chi connectivity index (χ2v) is 6.48. The molecule has 5 nitrogen and oxygen atoms in total. The second kappa shape index (κ2) is 8.12. The van der Waals surface area contributed by atoms with Gasteiger partial charge in [-0.3, -0.25) is 4.79 Å². The van der Waals surface area contributed by atoms with Crippen LogP contribution in [0.25, 0.3) is 0 Å². The maximum absolute atomic E-state index is 12.0. The number of ether oxygens (including phenoxy) is 2. The molecule has 0 radical (unpaired) electrons. The molecule has 1 aliphatic rings. The third-order valence-electron chi connectivity index (χ3n) is 3.25. The monoisotopic (exact) mass is 420 g/mol. The molecule has 0 aliphatic carbocycles. The van der Waals surface area contributed by atoms with E-state index in [9.17, 15) is 4.79 Å². The molecule has 0 atom stereocenters. The number of nitrogens with one attached hydrogen (secondary N) is 2. The number of carbonyl (C=O) groups is 1. The van der Waals surface area contributed by atoms with Crippen LogP contribution in [0.5, 0.6) is 5.75 Å². The number of piperidine rings is 1. The Morgan fingerprint density at radius 2 is 2.05 bits per heavy atom. The van der Waals surface area contributed by atoms with E-state index in [1.165, 1.54) is 0 Å². The van der Waals surface area contributed by atoms with Gasteiger partial charge in [0.2, 0.25) is 5.91 Å². The number of anilines is 1. The molecule has 21 heavy (non-hydrogen) atoms. The van der Waals surface area contributed by atoms with Gasteiger partial charge >= 0.3 is 0 Å². The van der Waals surface area contributed by atoms with E-state index in [4.69, 9.17) is 9.47 Å². The van der Waals surface area contributed by atoms with Crippen LogP contribution in [0.4, 0.5) is 5.69 Å². The fraction of sp³-hybridized carbons (Fsp3) is 0.500. The van der Waals surface area contributed by atoms with Gasteiger partial charge in [0.15, 0.2) is 0 Å². The Hall–Kier alpha value is -0.630. The molecule has 1 fully saturated rings. The molecule has 1 aromatic carbocycles. The number of rotatable bonds is 5. The zero-order valence-electron chi connectivity index (χ0n) is 11.7. The topological polar surface area (TPSA) is 59.6 Å². The van der Waals surface area contributed by atoms with Crippen LogP contribution < -0.4 is 15.4 Å². The van der Waals surface area contributed by atoms with Crippen LogP contribution in [0.3, 0.4) is 0 Å². The van der Waals surface area contributed by atoms with Crippen LogP contribution >= 0.6 is 31.9 Å². The summed E-state index contributed by atoms with van der Waals surface area (Å²) in [5.74, 6) is 0.492. The fourth-order valence-corrected chi connectivity index (χ4v) is 3.38. The van der Waals surface area contributed by atoms with Crippen molar-refractivity contribution in [3.63, 3.8) is 0 Å². The summed E-state index contributed by atoms with van der Waals surface area (Å²) in [7, 11) is 1.58. The summed E-state index contributed by atoms with van der Waals surface area (Å²) in [4.78, 5) is 12.0. The van der Waals surface area contributed by atoms with Crippen LogP contribution in [0.15, 0.2) is 21.1 Å². The molecule has 1 aromatic rings. The maximum Gasteiger partial charge on any atom is 0.250 e. The highest BCUT2D eigenvalue weighted by Gasteiger charge is 2.16. The Kier molecular flexibility index (Phi) is 6.47. The average Bonchev–Trinajstić information content (AvgIpc) is 2.49. The number of amides is 1. The first-order chi connectivity index (χ1) is 10.1. The quantitative estimate of drug-likeness (QED) is 0.767. The van der Waals surface area contributed by atoms with Gasteiger partial charge in [-0.05, 0) is 63.9 Å². The third-order valence-corrected chi connectivity index (χ3v) is 4.53. The predicted octanol–water partition coefficient (Wildman–Crippen LogP) is 2.93. The highest BCUT2D eigenvalue weighted by molar-refractivity contribution is 9.11. The highest BCUT2D eigenvalue weighted by atomic mass is 79.9. The summed E-state index contributed by atoms with van der Waals surface area (Å²) < 4.78 is 12.5. The lowest BCUT2D eigenvalue weighted by Crippen LogP contribution is -2.34. The number of hydrogen-bond donors (Lipinski definition) is 2. The van der Waals surface area contributed by atoms with E-state index in [1.54, 1.807) is 13.2 Å². The molecule has 0 unspecified atom stereocenters. The standard InChI is InChI=1S/C14H18Br2N2O3/c1-20-13-7-12(10(15)6-11(13)16)18-14(19)8-21-9-2-4-17-5-3-9/h6-7,9,17H,2-5,8H2,1H3,(H,18,19). The Labute approximate surface area is 141 Å². The van der Waals surface area contributed by atoms with E-state index in [-0.39, 0.29) is 18.6 Å². The van der Waals surface area contributed by atoms with Crippen molar-refractivity contribution in [3.05, 3.63) is 21.1 Å². The lowest BCUT2D eigenvalue weighted by atomic mass is 10.1. The lowest BCUT2D eigenvalue weighted by Gasteiger charge is -2.22. The number of hydrogen-bond acceptors (Lipinski definition) is 4. The van der Waals surface area contributed by atoms with E-state index >= 15 is 0 Å². The molecule has 0 aromatic heterocycles. The molecular formula is C14H18Br2N2O3. The van der Waals surface area contributed by atoms with Gasteiger partial charge in [-0.2, -0.15) is 0 Å². The zero-order chi connectivity index (χ0) is 15.2. The van der Waals surface area contributed by atoms with E-state index in [1.807, 2.05) is 6.07 Å². The predicted molar refractivity (Wildman–Crippen MR) is 88.9 cm³/mol. The fourth-order valence-electron chi connectivity index (χ4n) is 2.12. The van der Waals surface area contributed by atoms with E-state index in [2.05, 4.69) is 42.5 Å². The number of halogens is 2. The van der Waals surface area contributed by atoms with E-state index in [0.717, 1.165) is 34.9 Å². The normalized spacial score (nSPS) is 15.8. The van der Waals surface area contributed by atoms with Gasteiger partial charge in [0, 0.05) is 10.5 Å². The second-order valence-electron chi connectivity index (χ2n) is 4.78. The molecule has 2 N–H and O–H groups in total. The van der Waals surface area contributed by atoms with Crippen molar-refractivity contribution in [3.8, 4) is 5.75 Å². The van der Waals surface area contributed by atoms with E-state index in [0.29, 0.717) is 11.4 Å². The molecular weight excluding hydrogens is 404 g/mol. The minimum Gasteiger partial charge on any atom is -0.495 e. The van der Waals surface area contributed by atoms with Crippen LogP contribution in [-0.4, -0.2) is 38.8 Å². The van der Waals surface area contributed by atoms with Crippen molar-refractivity contribution in [2.75, 3.05) is 32.1 Å². The molecule has 2 rings (SSSR count). The summed E-state index contributed by atoms with van der Waals surface area (Å²) in [6.45, 7) is 1.96. The summed E-state index contributed by atoms with van der Waals surface area (Å²) >= 11 is 6.81. The van der Waals surface area contributed by atoms with Crippen molar-refractivity contribution < 1.29 is 14.3 Å². The van der Waals surface area contributed by atoms with Gasteiger partial charge in [-0.25, -0.2) is 0 Å². The van der Waals surface area contributed by atoms with Crippen LogP contribution in [0, 0.1) is 0 Å². The maximum atomic E-state index is 12.0. The molecule has 0 saturated carbocycles. The van der Waals surface area contributed by atoms with Gasteiger partial charge in [0.05, 0.1) is 23.4 Å². The first-order valence-corrected chi connectivity index (χ1v) is 8.34. The Balaban J connectivity index is 1.89. The first-order valence-electron chi connectivity index (χ1n) is 6.75. The zero-order valence-corrected chi connectivity index (χ0v) is 14.9. The van der Waals surface area contributed by atoms with Crippen LogP contribution in [-0.2, 0) is 9.53 Å². The van der Waals surface area contributed by atoms with Crippen molar-refractivity contribution in [1.29, 1.82) is 0 Å². The largest absolute Gasteiger partial charge is 0.495 e. The Bertz CT molecular complexity index is 505. The lowest BCUT2D eigenvalue weighted by molar-refractivity contribution is -0.123. The Morgan fingerprint density at radius 1 is 1.33 bits per heavy atom.